The van der Waals surface area contributed by atoms with Crippen LogP contribution in [0.3, 0.4) is 0 Å². The number of piperidine rings is 1. The highest BCUT2D eigenvalue weighted by molar-refractivity contribution is 5.82. The zero-order chi connectivity index (χ0) is 14.5. The summed E-state index contributed by atoms with van der Waals surface area (Å²) < 4.78 is 0. The zero-order valence-electron chi connectivity index (χ0n) is 12.3. The van der Waals surface area contributed by atoms with Gasteiger partial charge in [0.2, 0.25) is 11.8 Å². The summed E-state index contributed by atoms with van der Waals surface area (Å²) in [5.74, 6) is 1.33. The Labute approximate surface area is 120 Å². The Balaban J connectivity index is 1.65. The van der Waals surface area contributed by atoms with Crippen LogP contribution in [0.1, 0.15) is 39.0 Å². The molecule has 0 spiro atoms. The molecule has 1 aliphatic carbocycles. The molecule has 5 nitrogen and oxygen atoms in total. The van der Waals surface area contributed by atoms with Crippen molar-refractivity contribution in [1.82, 2.24) is 10.2 Å². The van der Waals surface area contributed by atoms with E-state index < -0.39 is 0 Å². The molecular weight excluding hydrogens is 256 g/mol. The van der Waals surface area contributed by atoms with Crippen molar-refractivity contribution in [2.45, 2.75) is 39.0 Å². The van der Waals surface area contributed by atoms with Crippen LogP contribution < -0.4 is 5.32 Å². The van der Waals surface area contributed by atoms with E-state index in [-0.39, 0.29) is 24.3 Å². The number of nitrogens with zero attached hydrogens (tertiary/aromatic N) is 1. The first kappa shape index (κ1) is 15.3. The smallest absolute Gasteiger partial charge is 0.224 e. The fourth-order valence-electron chi connectivity index (χ4n) is 2.98. The van der Waals surface area contributed by atoms with Gasteiger partial charge in [-0.15, -0.1) is 0 Å². The van der Waals surface area contributed by atoms with Crippen molar-refractivity contribution in [2.75, 3.05) is 26.2 Å². The zero-order valence-corrected chi connectivity index (χ0v) is 12.3. The number of carbonyl (C=O) groups excluding carboxylic acids is 2. The van der Waals surface area contributed by atoms with Gasteiger partial charge in [-0.2, -0.15) is 0 Å². The third-order valence-corrected chi connectivity index (χ3v) is 4.49. The number of aliphatic hydroxyl groups is 1. The third kappa shape index (κ3) is 4.20. The summed E-state index contributed by atoms with van der Waals surface area (Å²) in [7, 11) is 0. The molecule has 1 aliphatic heterocycles. The van der Waals surface area contributed by atoms with Gasteiger partial charge in [0.15, 0.2) is 0 Å². The molecule has 2 rings (SSSR count). The first-order chi connectivity index (χ1) is 9.61. The van der Waals surface area contributed by atoms with E-state index in [2.05, 4.69) is 12.2 Å². The van der Waals surface area contributed by atoms with Gasteiger partial charge in [0.05, 0.1) is 0 Å². The molecule has 0 aromatic carbocycles. The van der Waals surface area contributed by atoms with Gasteiger partial charge >= 0.3 is 0 Å². The van der Waals surface area contributed by atoms with E-state index in [4.69, 9.17) is 5.11 Å². The molecule has 1 saturated carbocycles. The predicted octanol–water partition coefficient (Wildman–Crippen LogP) is 0.770. The van der Waals surface area contributed by atoms with Crippen LogP contribution in [0.2, 0.25) is 0 Å². The minimum absolute atomic E-state index is 0.0992. The van der Waals surface area contributed by atoms with Crippen LogP contribution in [0.25, 0.3) is 0 Å². The Morgan fingerprint density at radius 3 is 2.80 bits per heavy atom. The maximum atomic E-state index is 12.1. The van der Waals surface area contributed by atoms with E-state index in [9.17, 15) is 9.59 Å². The summed E-state index contributed by atoms with van der Waals surface area (Å²) in [6.45, 7) is 4.29. The normalized spacial score (nSPS) is 29.1. The second-order valence-corrected chi connectivity index (χ2v) is 6.22. The lowest BCUT2D eigenvalue weighted by Crippen LogP contribution is -2.41. The van der Waals surface area contributed by atoms with E-state index in [0.717, 1.165) is 38.8 Å². The van der Waals surface area contributed by atoms with Crippen molar-refractivity contribution in [2.24, 2.45) is 17.8 Å². The van der Waals surface area contributed by atoms with Crippen LogP contribution in [-0.4, -0.2) is 48.1 Å². The minimum atomic E-state index is 0.0992. The van der Waals surface area contributed by atoms with Gasteiger partial charge in [0.25, 0.3) is 0 Å². The Morgan fingerprint density at radius 1 is 1.40 bits per heavy atom. The standard InChI is InChI=1S/C15H26N2O3/c1-11-9-13(11)15(20)16-6-4-14(19)17-7-2-3-12(10-17)5-8-18/h11-13,18H,2-10H2,1H3,(H,16,20). The lowest BCUT2D eigenvalue weighted by Gasteiger charge is -2.32. The number of amides is 2. The maximum Gasteiger partial charge on any atom is 0.224 e. The fourth-order valence-corrected chi connectivity index (χ4v) is 2.98. The number of aliphatic hydroxyl groups excluding tert-OH is 1. The molecule has 0 radical (unpaired) electrons. The summed E-state index contributed by atoms with van der Waals surface area (Å²) in [6.07, 6.45) is 4.26. The molecule has 1 saturated heterocycles. The quantitative estimate of drug-likeness (QED) is 0.756. The van der Waals surface area contributed by atoms with Gasteiger partial charge in [-0.1, -0.05) is 6.92 Å². The number of likely N-dealkylation sites (tertiary alicyclic amines) is 1. The molecule has 3 atom stereocenters. The van der Waals surface area contributed by atoms with Crippen molar-refractivity contribution in [1.29, 1.82) is 0 Å². The van der Waals surface area contributed by atoms with E-state index in [0.29, 0.717) is 24.8 Å². The molecule has 2 aliphatic rings. The highest BCUT2D eigenvalue weighted by atomic mass is 16.3. The van der Waals surface area contributed by atoms with Gasteiger partial charge in [0, 0.05) is 38.6 Å². The monoisotopic (exact) mass is 282 g/mol. The number of carbonyl (C=O) groups is 2. The molecule has 5 heteroatoms. The van der Waals surface area contributed by atoms with Gasteiger partial charge in [-0.25, -0.2) is 0 Å². The van der Waals surface area contributed by atoms with Gasteiger partial charge < -0.3 is 15.3 Å². The number of rotatable bonds is 6. The molecule has 2 fully saturated rings. The average molecular weight is 282 g/mol. The Bertz CT molecular complexity index is 357. The highest BCUT2D eigenvalue weighted by Crippen LogP contribution is 2.37. The van der Waals surface area contributed by atoms with Gasteiger partial charge in [-0.05, 0) is 37.5 Å². The summed E-state index contributed by atoms with van der Waals surface area (Å²) in [5, 5.41) is 11.8. The molecule has 0 bridgehead atoms. The van der Waals surface area contributed by atoms with Crippen molar-refractivity contribution in [3.63, 3.8) is 0 Å². The van der Waals surface area contributed by atoms with Crippen LogP contribution in [0.4, 0.5) is 0 Å². The van der Waals surface area contributed by atoms with Crippen molar-refractivity contribution >= 4 is 11.8 Å². The molecule has 0 aromatic rings. The van der Waals surface area contributed by atoms with Crippen molar-refractivity contribution in [3.05, 3.63) is 0 Å². The number of hydrogen-bond acceptors (Lipinski definition) is 3. The SMILES string of the molecule is CC1CC1C(=O)NCCC(=O)N1CCCC(CCO)C1. The van der Waals surface area contributed by atoms with Gasteiger partial charge in [-0.3, -0.25) is 9.59 Å². The summed E-state index contributed by atoms with van der Waals surface area (Å²) >= 11 is 0. The van der Waals surface area contributed by atoms with E-state index >= 15 is 0 Å². The largest absolute Gasteiger partial charge is 0.396 e. The molecule has 2 N–H and O–H groups in total. The summed E-state index contributed by atoms with van der Waals surface area (Å²) in [6, 6.07) is 0. The average Bonchev–Trinajstić information content (AvgIpc) is 3.16. The van der Waals surface area contributed by atoms with Crippen LogP contribution in [-0.2, 0) is 9.59 Å². The second kappa shape index (κ2) is 7.07. The topological polar surface area (TPSA) is 69.6 Å². The predicted molar refractivity (Wildman–Crippen MR) is 75.9 cm³/mol. The molecule has 3 unspecified atom stereocenters. The summed E-state index contributed by atoms with van der Waals surface area (Å²) in [4.78, 5) is 25.6. The lowest BCUT2D eigenvalue weighted by molar-refractivity contribution is -0.133. The molecule has 1 heterocycles. The fraction of sp³-hybridized carbons (Fsp3) is 0.867. The number of hydrogen-bond donors (Lipinski definition) is 2. The van der Waals surface area contributed by atoms with E-state index in [1.807, 2.05) is 4.90 Å². The first-order valence-electron chi connectivity index (χ1n) is 7.78. The second-order valence-electron chi connectivity index (χ2n) is 6.22. The maximum absolute atomic E-state index is 12.1. The molecule has 20 heavy (non-hydrogen) atoms. The Hall–Kier alpha value is -1.10. The number of nitrogens with one attached hydrogen (secondary N) is 1. The van der Waals surface area contributed by atoms with Gasteiger partial charge in [0.1, 0.15) is 0 Å². The molecule has 2 amide bonds. The Morgan fingerprint density at radius 2 is 2.15 bits per heavy atom. The van der Waals surface area contributed by atoms with E-state index in [1.165, 1.54) is 0 Å². The molecular formula is C15H26N2O3. The van der Waals surface area contributed by atoms with Crippen LogP contribution in [0.5, 0.6) is 0 Å². The van der Waals surface area contributed by atoms with Crippen LogP contribution in [0.15, 0.2) is 0 Å². The van der Waals surface area contributed by atoms with Crippen molar-refractivity contribution in [3.8, 4) is 0 Å². The van der Waals surface area contributed by atoms with Crippen LogP contribution in [0, 0.1) is 17.8 Å². The van der Waals surface area contributed by atoms with Crippen molar-refractivity contribution < 1.29 is 14.7 Å². The molecule has 114 valence electrons. The third-order valence-electron chi connectivity index (χ3n) is 4.49. The Kier molecular flexibility index (Phi) is 5.40. The highest BCUT2D eigenvalue weighted by Gasteiger charge is 2.38. The van der Waals surface area contributed by atoms with Crippen LogP contribution >= 0.6 is 0 Å². The summed E-state index contributed by atoms with van der Waals surface area (Å²) in [5.41, 5.74) is 0. The lowest BCUT2D eigenvalue weighted by atomic mass is 9.95. The van der Waals surface area contributed by atoms with E-state index in [1.54, 1.807) is 0 Å². The minimum Gasteiger partial charge on any atom is -0.396 e. The first-order valence-corrected chi connectivity index (χ1v) is 7.78. The molecule has 0 aromatic heterocycles.